The van der Waals surface area contributed by atoms with Gasteiger partial charge in [-0.3, -0.25) is 9.59 Å². The van der Waals surface area contributed by atoms with Gasteiger partial charge in [-0.05, 0) is 43.2 Å². The molecule has 0 saturated carbocycles. The van der Waals surface area contributed by atoms with E-state index >= 15 is 0 Å². The lowest BCUT2D eigenvalue weighted by molar-refractivity contribution is -0.116. The van der Waals surface area contributed by atoms with Gasteiger partial charge < -0.3 is 10.1 Å². The van der Waals surface area contributed by atoms with Crippen LogP contribution in [0.25, 0.3) is 0 Å². The molecule has 2 aromatic rings. The van der Waals surface area contributed by atoms with Gasteiger partial charge in [-0.25, -0.2) is 0 Å². The number of ketones is 1. The van der Waals surface area contributed by atoms with Gasteiger partial charge in [0, 0.05) is 12.0 Å². The average Bonchev–Trinajstić information content (AvgIpc) is 2.53. The van der Waals surface area contributed by atoms with Gasteiger partial charge in [0.2, 0.25) is 5.91 Å². The number of methoxy groups -OCH3 is 1. The van der Waals surface area contributed by atoms with Crippen molar-refractivity contribution in [3.8, 4) is 5.75 Å². The molecule has 0 aliphatic heterocycles. The lowest BCUT2D eigenvalue weighted by atomic mass is 10.1. The summed E-state index contributed by atoms with van der Waals surface area (Å²) in [5.74, 6) is 0.624. The zero-order valence-corrected chi connectivity index (χ0v) is 12.8. The summed E-state index contributed by atoms with van der Waals surface area (Å²) in [5, 5.41) is 2.80. The van der Waals surface area contributed by atoms with Crippen LogP contribution in [0.15, 0.2) is 48.5 Å². The molecule has 1 N–H and O–H groups in total. The minimum absolute atomic E-state index is 0.0638. The number of Topliss-reactive ketones (excluding diaryl/α,β-unsaturated/α-hetero) is 1. The van der Waals surface area contributed by atoms with Crippen molar-refractivity contribution in [3.05, 3.63) is 59.7 Å². The van der Waals surface area contributed by atoms with E-state index in [4.69, 9.17) is 4.74 Å². The Labute approximate surface area is 130 Å². The number of para-hydroxylation sites is 1. The van der Waals surface area contributed by atoms with Crippen molar-refractivity contribution in [3.63, 3.8) is 0 Å². The third kappa shape index (κ3) is 4.19. The third-order valence-electron chi connectivity index (χ3n) is 3.38. The molecule has 1 amide bonds. The molecule has 4 heteroatoms. The first-order chi connectivity index (χ1) is 10.6. The maximum Gasteiger partial charge on any atom is 0.224 e. The van der Waals surface area contributed by atoms with E-state index in [1.54, 1.807) is 31.4 Å². The molecular weight excluding hydrogens is 278 g/mol. The third-order valence-corrected chi connectivity index (χ3v) is 3.38. The molecule has 0 radical (unpaired) electrons. The van der Waals surface area contributed by atoms with Crippen molar-refractivity contribution in [1.82, 2.24) is 0 Å². The van der Waals surface area contributed by atoms with Crippen molar-refractivity contribution < 1.29 is 14.3 Å². The van der Waals surface area contributed by atoms with Gasteiger partial charge in [0.15, 0.2) is 5.78 Å². The maximum atomic E-state index is 12.0. The van der Waals surface area contributed by atoms with Crippen LogP contribution in [0.3, 0.4) is 0 Å². The Bertz CT molecular complexity index is 662. The molecule has 2 rings (SSSR count). The molecule has 0 heterocycles. The second kappa shape index (κ2) is 7.41. The highest BCUT2D eigenvalue weighted by Gasteiger charge is 2.09. The zero-order valence-electron chi connectivity index (χ0n) is 12.8. The summed E-state index contributed by atoms with van der Waals surface area (Å²) >= 11 is 0. The molecule has 4 nitrogen and oxygen atoms in total. The molecule has 114 valence electrons. The Kier molecular flexibility index (Phi) is 5.31. The monoisotopic (exact) mass is 297 g/mol. The van der Waals surface area contributed by atoms with E-state index in [0.29, 0.717) is 24.1 Å². The molecule has 0 fully saturated rings. The average molecular weight is 297 g/mol. The SMILES string of the molecule is COc1ccc(CCC(=O)Nc2ccccc2C(C)=O)cc1. The van der Waals surface area contributed by atoms with Crippen LogP contribution in [-0.4, -0.2) is 18.8 Å². The van der Waals surface area contributed by atoms with Crippen molar-refractivity contribution in [2.75, 3.05) is 12.4 Å². The Balaban J connectivity index is 1.94. The summed E-state index contributed by atoms with van der Waals surface area (Å²) < 4.78 is 5.10. The highest BCUT2D eigenvalue weighted by molar-refractivity contribution is 6.03. The number of carbonyl (C=O) groups is 2. The Hall–Kier alpha value is -2.62. The predicted octanol–water partition coefficient (Wildman–Crippen LogP) is 3.47. The van der Waals surface area contributed by atoms with Gasteiger partial charge >= 0.3 is 0 Å². The van der Waals surface area contributed by atoms with Crippen LogP contribution in [0.2, 0.25) is 0 Å². The van der Waals surface area contributed by atoms with Gasteiger partial charge in [-0.1, -0.05) is 24.3 Å². The Morgan fingerprint density at radius 2 is 1.73 bits per heavy atom. The second-order valence-electron chi connectivity index (χ2n) is 5.00. The molecule has 0 atom stereocenters. The first-order valence-corrected chi connectivity index (χ1v) is 7.13. The van der Waals surface area contributed by atoms with Gasteiger partial charge in [0.05, 0.1) is 12.8 Å². The fraction of sp³-hybridized carbons (Fsp3) is 0.222. The van der Waals surface area contributed by atoms with Crippen LogP contribution in [0.5, 0.6) is 5.75 Å². The molecule has 2 aromatic carbocycles. The van der Waals surface area contributed by atoms with Gasteiger partial charge in [0.1, 0.15) is 5.75 Å². The number of nitrogens with one attached hydrogen (secondary N) is 1. The minimum atomic E-state index is -0.107. The van der Waals surface area contributed by atoms with Gasteiger partial charge in [0.25, 0.3) is 0 Å². The van der Waals surface area contributed by atoms with E-state index in [1.165, 1.54) is 6.92 Å². The van der Waals surface area contributed by atoms with E-state index in [9.17, 15) is 9.59 Å². The quantitative estimate of drug-likeness (QED) is 0.831. The molecule has 0 unspecified atom stereocenters. The summed E-state index contributed by atoms with van der Waals surface area (Å²) in [5.41, 5.74) is 2.16. The molecule has 22 heavy (non-hydrogen) atoms. The topological polar surface area (TPSA) is 55.4 Å². The van der Waals surface area contributed by atoms with Gasteiger partial charge in [-0.15, -0.1) is 0 Å². The summed E-state index contributed by atoms with van der Waals surface area (Å²) in [4.78, 5) is 23.6. The Morgan fingerprint density at radius 3 is 2.36 bits per heavy atom. The number of aryl methyl sites for hydroxylation is 1. The zero-order chi connectivity index (χ0) is 15.9. The van der Waals surface area contributed by atoms with Crippen molar-refractivity contribution in [2.24, 2.45) is 0 Å². The number of carbonyl (C=O) groups excluding carboxylic acids is 2. The smallest absolute Gasteiger partial charge is 0.224 e. The lowest BCUT2D eigenvalue weighted by Gasteiger charge is -2.09. The second-order valence-corrected chi connectivity index (χ2v) is 5.00. The van der Waals surface area contributed by atoms with E-state index in [0.717, 1.165) is 11.3 Å². The van der Waals surface area contributed by atoms with Crippen LogP contribution >= 0.6 is 0 Å². The van der Waals surface area contributed by atoms with E-state index in [-0.39, 0.29) is 11.7 Å². The summed E-state index contributed by atoms with van der Waals surface area (Å²) in [6.07, 6.45) is 0.997. The fourth-order valence-electron chi connectivity index (χ4n) is 2.16. The molecular formula is C18H19NO3. The summed E-state index contributed by atoms with van der Waals surface area (Å²) in [6, 6.07) is 14.7. The van der Waals surface area contributed by atoms with Crippen molar-refractivity contribution in [1.29, 1.82) is 0 Å². The van der Waals surface area contributed by atoms with Crippen LogP contribution in [0, 0.1) is 0 Å². The Morgan fingerprint density at radius 1 is 1.05 bits per heavy atom. The first kappa shape index (κ1) is 15.8. The first-order valence-electron chi connectivity index (χ1n) is 7.13. The van der Waals surface area contributed by atoms with Gasteiger partial charge in [-0.2, -0.15) is 0 Å². The highest BCUT2D eigenvalue weighted by atomic mass is 16.5. The van der Waals surface area contributed by atoms with Crippen molar-refractivity contribution in [2.45, 2.75) is 19.8 Å². The maximum absolute atomic E-state index is 12.0. The normalized spacial score (nSPS) is 10.1. The number of hydrogen-bond donors (Lipinski definition) is 1. The number of ether oxygens (including phenoxy) is 1. The highest BCUT2D eigenvalue weighted by Crippen LogP contribution is 2.17. The fourth-order valence-corrected chi connectivity index (χ4v) is 2.16. The number of anilines is 1. The van der Waals surface area contributed by atoms with E-state index in [2.05, 4.69) is 5.32 Å². The van der Waals surface area contributed by atoms with Crippen molar-refractivity contribution >= 4 is 17.4 Å². The van der Waals surface area contributed by atoms with Crippen LogP contribution in [0.1, 0.15) is 29.3 Å². The molecule has 0 aliphatic rings. The predicted molar refractivity (Wildman–Crippen MR) is 86.4 cm³/mol. The number of benzene rings is 2. The lowest BCUT2D eigenvalue weighted by Crippen LogP contribution is -2.14. The molecule has 0 aromatic heterocycles. The number of hydrogen-bond acceptors (Lipinski definition) is 3. The number of rotatable bonds is 6. The van der Waals surface area contributed by atoms with Crippen LogP contribution in [-0.2, 0) is 11.2 Å². The molecule has 0 spiro atoms. The summed E-state index contributed by atoms with van der Waals surface area (Å²) in [7, 11) is 1.62. The van der Waals surface area contributed by atoms with Crippen LogP contribution in [0.4, 0.5) is 5.69 Å². The molecule has 0 saturated heterocycles. The molecule has 0 aliphatic carbocycles. The van der Waals surface area contributed by atoms with E-state index < -0.39 is 0 Å². The minimum Gasteiger partial charge on any atom is -0.497 e. The number of amides is 1. The standard InChI is InChI=1S/C18H19NO3/c1-13(20)16-5-3-4-6-17(16)19-18(21)12-9-14-7-10-15(22-2)11-8-14/h3-8,10-11H,9,12H2,1-2H3,(H,19,21). The largest absolute Gasteiger partial charge is 0.497 e. The van der Waals surface area contributed by atoms with Crippen LogP contribution < -0.4 is 10.1 Å². The molecule has 0 bridgehead atoms. The van der Waals surface area contributed by atoms with E-state index in [1.807, 2.05) is 24.3 Å². The summed E-state index contributed by atoms with van der Waals surface area (Å²) in [6.45, 7) is 1.49.